The van der Waals surface area contributed by atoms with E-state index in [0.717, 1.165) is 32.5 Å². The molecule has 8 heteroatoms. The SMILES string of the molecule is CN1CC2CN(c3nc4ncc(Cl)cc4n(C=N)c3=N)CC2C1. The van der Waals surface area contributed by atoms with Gasteiger partial charge in [-0.2, -0.15) is 0 Å². The number of nitrogens with one attached hydrogen (secondary N) is 2. The average Bonchev–Trinajstić information content (AvgIpc) is 3.04. The molecule has 23 heavy (non-hydrogen) atoms. The fourth-order valence-electron chi connectivity index (χ4n) is 3.82. The number of fused-ring (bicyclic) bond motifs is 2. The van der Waals surface area contributed by atoms with Crippen molar-refractivity contribution in [1.29, 1.82) is 10.8 Å². The van der Waals surface area contributed by atoms with Crippen molar-refractivity contribution in [1.82, 2.24) is 19.4 Å². The van der Waals surface area contributed by atoms with Gasteiger partial charge in [0.25, 0.3) is 0 Å². The van der Waals surface area contributed by atoms with Crippen LogP contribution in [0.5, 0.6) is 0 Å². The van der Waals surface area contributed by atoms with Crippen molar-refractivity contribution < 1.29 is 0 Å². The van der Waals surface area contributed by atoms with Crippen LogP contribution in [0.1, 0.15) is 0 Å². The predicted octanol–water partition coefficient (Wildman–Crippen LogP) is 1.02. The maximum atomic E-state index is 8.44. The second-order valence-electron chi connectivity index (χ2n) is 6.43. The van der Waals surface area contributed by atoms with Crippen LogP contribution in [0.3, 0.4) is 0 Å². The molecule has 0 aromatic carbocycles. The van der Waals surface area contributed by atoms with Gasteiger partial charge in [-0.05, 0) is 24.9 Å². The molecule has 2 unspecified atom stereocenters. The number of nitrogens with zero attached hydrogens (tertiary/aromatic N) is 5. The monoisotopic (exact) mass is 331 g/mol. The Bertz CT molecular complexity index is 832. The van der Waals surface area contributed by atoms with Crippen molar-refractivity contribution in [2.75, 3.05) is 38.1 Å². The molecule has 4 heterocycles. The lowest BCUT2D eigenvalue weighted by molar-refractivity contribution is 0.386. The Labute approximate surface area is 138 Å². The van der Waals surface area contributed by atoms with Crippen LogP contribution in [0, 0.1) is 22.7 Å². The van der Waals surface area contributed by atoms with Gasteiger partial charge < -0.3 is 9.80 Å². The standard InChI is InChI=1S/C15H18ClN7/c1-21-4-9-6-22(7-10(9)5-21)15-13(18)23(8-17)12-2-11(16)3-19-14(12)20-15/h2-3,8-10,17-18H,4-7H2,1H3. The molecular weight excluding hydrogens is 314 g/mol. The minimum Gasteiger partial charge on any atom is -0.353 e. The van der Waals surface area contributed by atoms with Gasteiger partial charge in [0.2, 0.25) is 0 Å². The molecule has 7 nitrogen and oxygen atoms in total. The Hall–Kier alpha value is -1.99. The Balaban J connectivity index is 1.79. The third-order valence-corrected chi connectivity index (χ3v) is 5.04. The lowest BCUT2D eigenvalue weighted by Gasteiger charge is -2.21. The van der Waals surface area contributed by atoms with Crippen molar-refractivity contribution in [2.45, 2.75) is 0 Å². The summed E-state index contributed by atoms with van der Waals surface area (Å²) in [5, 5.41) is 16.6. The second-order valence-corrected chi connectivity index (χ2v) is 6.86. The van der Waals surface area contributed by atoms with Gasteiger partial charge in [0.05, 0.1) is 16.9 Å². The maximum Gasteiger partial charge on any atom is 0.178 e. The highest BCUT2D eigenvalue weighted by atomic mass is 35.5. The van der Waals surface area contributed by atoms with Gasteiger partial charge in [0, 0.05) is 32.4 Å². The molecule has 2 N–H and O–H groups in total. The van der Waals surface area contributed by atoms with E-state index in [4.69, 9.17) is 22.4 Å². The summed E-state index contributed by atoms with van der Waals surface area (Å²) in [6, 6.07) is 1.69. The lowest BCUT2D eigenvalue weighted by atomic mass is 10.0. The van der Waals surface area contributed by atoms with E-state index < -0.39 is 0 Å². The second kappa shape index (κ2) is 5.28. The van der Waals surface area contributed by atoms with Gasteiger partial charge in [-0.1, -0.05) is 11.6 Å². The summed E-state index contributed by atoms with van der Waals surface area (Å²) in [5.74, 6) is 1.86. The fraction of sp³-hybridized carbons (Fsp3) is 0.467. The number of pyridine rings is 1. The molecule has 2 aliphatic heterocycles. The van der Waals surface area contributed by atoms with Gasteiger partial charge in [-0.15, -0.1) is 0 Å². The quantitative estimate of drug-likeness (QED) is 0.635. The Kier molecular flexibility index (Phi) is 3.35. The third-order valence-electron chi connectivity index (χ3n) is 4.84. The number of aromatic nitrogens is 3. The van der Waals surface area contributed by atoms with E-state index >= 15 is 0 Å². The van der Waals surface area contributed by atoms with Crippen LogP contribution in [-0.4, -0.2) is 59.0 Å². The summed E-state index contributed by atoms with van der Waals surface area (Å²) in [5.41, 5.74) is 1.31. The Morgan fingerprint density at radius 2 is 1.96 bits per heavy atom. The minimum absolute atomic E-state index is 0.213. The zero-order chi connectivity index (χ0) is 16.1. The van der Waals surface area contributed by atoms with Gasteiger partial charge in [-0.3, -0.25) is 15.4 Å². The van der Waals surface area contributed by atoms with Crippen LogP contribution in [0.2, 0.25) is 5.02 Å². The van der Waals surface area contributed by atoms with Crippen LogP contribution in [0.4, 0.5) is 5.82 Å². The minimum atomic E-state index is 0.213. The molecule has 0 amide bonds. The molecular formula is C15H18ClN7. The Morgan fingerprint density at radius 1 is 1.26 bits per heavy atom. The van der Waals surface area contributed by atoms with Crippen molar-refractivity contribution in [2.24, 2.45) is 11.8 Å². The molecule has 0 aliphatic carbocycles. The first-order chi connectivity index (χ1) is 11.1. The molecule has 2 aromatic rings. The summed E-state index contributed by atoms with van der Waals surface area (Å²) >= 11 is 5.99. The summed E-state index contributed by atoms with van der Waals surface area (Å²) in [6.07, 6.45) is 2.67. The highest BCUT2D eigenvalue weighted by Crippen LogP contribution is 2.31. The molecule has 4 rings (SSSR count). The van der Waals surface area contributed by atoms with Crippen LogP contribution >= 0.6 is 11.6 Å². The van der Waals surface area contributed by atoms with Gasteiger partial charge in [-0.25, -0.2) is 9.97 Å². The molecule has 0 bridgehead atoms. The Morgan fingerprint density at radius 3 is 2.61 bits per heavy atom. The van der Waals surface area contributed by atoms with E-state index in [9.17, 15) is 0 Å². The summed E-state index contributed by atoms with van der Waals surface area (Å²) < 4.78 is 1.48. The van der Waals surface area contributed by atoms with E-state index in [1.807, 2.05) is 0 Å². The molecule has 2 aromatic heterocycles. The number of hydrogen-bond donors (Lipinski definition) is 2. The van der Waals surface area contributed by atoms with Crippen molar-refractivity contribution in [3.63, 3.8) is 0 Å². The first kappa shape index (κ1) is 14.6. The van der Waals surface area contributed by atoms with Gasteiger partial charge in [0.1, 0.15) is 0 Å². The number of hydrogen-bond acceptors (Lipinski definition) is 6. The molecule has 0 saturated carbocycles. The zero-order valence-corrected chi connectivity index (χ0v) is 13.6. The van der Waals surface area contributed by atoms with Crippen LogP contribution in [0.25, 0.3) is 11.2 Å². The molecule has 0 spiro atoms. The van der Waals surface area contributed by atoms with Crippen molar-refractivity contribution in [3.8, 4) is 0 Å². The summed E-state index contributed by atoms with van der Waals surface area (Å²) in [4.78, 5) is 13.4. The zero-order valence-electron chi connectivity index (χ0n) is 12.8. The molecule has 2 saturated heterocycles. The van der Waals surface area contributed by atoms with E-state index in [1.165, 1.54) is 4.57 Å². The van der Waals surface area contributed by atoms with Crippen molar-refractivity contribution in [3.05, 3.63) is 22.8 Å². The summed E-state index contributed by atoms with van der Waals surface area (Å²) in [7, 11) is 2.16. The first-order valence-corrected chi connectivity index (χ1v) is 8.01. The van der Waals surface area contributed by atoms with E-state index in [0.29, 0.717) is 33.8 Å². The van der Waals surface area contributed by atoms with E-state index in [-0.39, 0.29) is 5.49 Å². The number of halogens is 1. The molecule has 2 atom stereocenters. The normalized spacial score (nSPS) is 24.3. The van der Waals surface area contributed by atoms with Crippen LogP contribution in [-0.2, 0) is 0 Å². The van der Waals surface area contributed by atoms with Crippen LogP contribution < -0.4 is 10.4 Å². The molecule has 0 radical (unpaired) electrons. The smallest absolute Gasteiger partial charge is 0.178 e. The topological polar surface area (TPSA) is 84.9 Å². The number of likely N-dealkylation sites (tertiary alicyclic amines) is 1. The third kappa shape index (κ3) is 2.31. The molecule has 2 aliphatic rings. The lowest BCUT2D eigenvalue weighted by Crippen LogP contribution is -2.34. The fourth-order valence-corrected chi connectivity index (χ4v) is 3.97. The number of anilines is 1. The highest BCUT2D eigenvalue weighted by molar-refractivity contribution is 6.31. The van der Waals surface area contributed by atoms with Crippen LogP contribution in [0.15, 0.2) is 12.3 Å². The first-order valence-electron chi connectivity index (χ1n) is 7.63. The van der Waals surface area contributed by atoms with E-state index in [1.54, 1.807) is 12.3 Å². The maximum absolute atomic E-state index is 8.44. The highest BCUT2D eigenvalue weighted by Gasteiger charge is 2.39. The molecule has 120 valence electrons. The summed E-state index contributed by atoms with van der Waals surface area (Å²) in [6.45, 7) is 4.01. The average molecular weight is 332 g/mol. The van der Waals surface area contributed by atoms with Gasteiger partial charge in [0.15, 0.2) is 17.0 Å². The molecule has 2 fully saturated rings. The van der Waals surface area contributed by atoms with Crippen molar-refractivity contribution >= 4 is 34.9 Å². The van der Waals surface area contributed by atoms with Gasteiger partial charge >= 0.3 is 0 Å². The largest absolute Gasteiger partial charge is 0.353 e. The van der Waals surface area contributed by atoms with E-state index in [2.05, 4.69) is 26.8 Å². The number of rotatable bonds is 2. The predicted molar refractivity (Wildman–Crippen MR) is 89.3 cm³/mol.